The summed E-state index contributed by atoms with van der Waals surface area (Å²) in [6, 6.07) is 0.930. The molecule has 1 atom stereocenters. The van der Waals surface area contributed by atoms with Crippen LogP contribution in [0.1, 0.15) is 46.1 Å². The lowest BCUT2D eigenvalue weighted by atomic mass is 9.87. The van der Waals surface area contributed by atoms with Gasteiger partial charge in [0.05, 0.1) is 6.61 Å². The van der Waals surface area contributed by atoms with E-state index in [1.54, 1.807) is 13.8 Å². The summed E-state index contributed by atoms with van der Waals surface area (Å²) in [7, 11) is 0. The topological polar surface area (TPSA) is 74.4 Å². The zero-order chi connectivity index (χ0) is 20.1. The van der Waals surface area contributed by atoms with Gasteiger partial charge in [-0.1, -0.05) is 13.8 Å². The Labute approximate surface area is 159 Å². The molecule has 1 aromatic heterocycles. The minimum absolute atomic E-state index is 0.0153. The first kappa shape index (κ1) is 22.5. The average Bonchev–Trinajstić information content (AvgIpc) is 2.42. The molecule has 9 heteroatoms. The third kappa shape index (κ3) is 7.80. The van der Waals surface area contributed by atoms with E-state index < -0.39 is 29.3 Å². The lowest BCUT2D eigenvalue weighted by Gasteiger charge is -2.30. The maximum atomic E-state index is 13.2. The number of nitrogens with two attached hydrogens (primary N) is 1. The van der Waals surface area contributed by atoms with Crippen LogP contribution in [0.4, 0.5) is 18.0 Å². The molecule has 0 saturated carbocycles. The van der Waals surface area contributed by atoms with Crippen LogP contribution in [-0.4, -0.2) is 23.3 Å². The van der Waals surface area contributed by atoms with E-state index in [1.807, 2.05) is 13.8 Å². The largest absolute Gasteiger partial charge is 0.477 e. The zero-order valence-corrected chi connectivity index (χ0v) is 16.8. The van der Waals surface area contributed by atoms with E-state index in [2.05, 4.69) is 20.9 Å². The van der Waals surface area contributed by atoms with Gasteiger partial charge in [-0.15, -0.1) is 0 Å². The van der Waals surface area contributed by atoms with Gasteiger partial charge < -0.3 is 15.2 Å². The summed E-state index contributed by atoms with van der Waals surface area (Å²) in [4.78, 5) is 14.8. The highest BCUT2D eigenvalue weighted by Crippen LogP contribution is 2.37. The van der Waals surface area contributed by atoms with Crippen molar-refractivity contribution in [1.82, 2.24) is 4.98 Å². The number of amides is 1. The Kier molecular flexibility index (Phi) is 7.73. The molecule has 0 aliphatic carbocycles. The lowest BCUT2D eigenvalue weighted by molar-refractivity contribution is -0.139. The number of nitrogens with zero attached hydrogens (tertiary/aromatic N) is 1. The number of primary amides is 1. The van der Waals surface area contributed by atoms with Gasteiger partial charge in [-0.2, -0.15) is 13.2 Å². The highest BCUT2D eigenvalue weighted by molar-refractivity contribution is 9.10. The molecule has 2 N–H and O–H groups in total. The van der Waals surface area contributed by atoms with E-state index in [0.29, 0.717) is 12.8 Å². The van der Waals surface area contributed by atoms with Crippen LogP contribution in [0.3, 0.4) is 0 Å². The molecule has 0 spiro atoms. The number of rotatable bonds is 8. The molecule has 1 heterocycles. The van der Waals surface area contributed by atoms with Crippen molar-refractivity contribution in [1.29, 1.82) is 0 Å². The van der Waals surface area contributed by atoms with E-state index in [4.69, 9.17) is 15.2 Å². The molecule has 0 saturated heterocycles. The number of halogens is 4. The molecule has 1 aromatic rings. The molecule has 0 aliphatic rings. The molecular formula is C17H24BrF3N2O3. The van der Waals surface area contributed by atoms with Gasteiger partial charge >= 0.3 is 12.3 Å². The van der Waals surface area contributed by atoms with Gasteiger partial charge in [0.25, 0.3) is 0 Å². The summed E-state index contributed by atoms with van der Waals surface area (Å²) >= 11 is 2.99. The van der Waals surface area contributed by atoms with Gasteiger partial charge in [-0.25, -0.2) is 9.78 Å². The van der Waals surface area contributed by atoms with E-state index >= 15 is 0 Å². The van der Waals surface area contributed by atoms with Gasteiger partial charge in [0, 0.05) is 10.7 Å². The molecule has 1 rings (SSSR count). The summed E-state index contributed by atoms with van der Waals surface area (Å²) in [5.41, 5.74) is 3.28. The van der Waals surface area contributed by atoms with Gasteiger partial charge in [0.2, 0.25) is 5.88 Å². The highest BCUT2D eigenvalue weighted by atomic mass is 79.9. The first-order valence-electron chi connectivity index (χ1n) is 8.14. The summed E-state index contributed by atoms with van der Waals surface area (Å²) in [6.07, 6.45) is -3.14. The summed E-state index contributed by atoms with van der Waals surface area (Å²) in [6.45, 7) is 7.40. The number of hydrogen-bond donors (Lipinski definition) is 1. The molecule has 0 bridgehead atoms. The van der Waals surface area contributed by atoms with Crippen LogP contribution in [-0.2, 0) is 10.9 Å². The number of aromatic nitrogens is 1. The molecule has 0 aromatic carbocycles. The van der Waals surface area contributed by atoms with Crippen molar-refractivity contribution in [3.63, 3.8) is 0 Å². The van der Waals surface area contributed by atoms with Gasteiger partial charge in [-0.3, -0.25) is 0 Å². The average molecular weight is 441 g/mol. The van der Waals surface area contributed by atoms with Gasteiger partial charge in [0.15, 0.2) is 0 Å². The van der Waals surface area contributed by atoms with Crippen LogP contribution in [0.15, 0.2) is 16.7 Å². The molecule has 1 amide bonds. The maximum absolute atomic E-state index is 13.2. The SMILES string of the molecule is CC(C)C[C@H](COc1ncc(Br)cc1C(F)(F)F)CC(C)(C)OC(N)=O. The first-order chi connectivity index (χ1) is 11.8. The molecule has 0 aliphatic heterocycles. The van der Waals surface area contributed by atoms with Crippen molar-refractivity contribution in [3.8, 4) is 5.88 Å². The van der Waals surface area contributed by atoms with Crippen LogP contribution in [0, 0.1) is 11.8 Å². The molecule has 0 fully saturated rings. The molecule has 0 unspecified atom stereocenters. The van der Waals surface area contributed by atoms with Crippen molar-refractivity contribution < 1.29 is 27.4 Å². The van der Waals surface area contributed by atoms with E-state index in [9.17, 15) is 18.0 Å². The predicted molar refractivity (Wildman–Crippen MR) is 94.7 cm³/mol. The summed E-state index contributed by atoms with van der Waals surface area (Å²) in [5, 5.41) is 0. The predicted octanol–water partition coefficient (Wildman–Crippen LogP) is 5.17. The van der Waals surface area contributed by atoms with E-state index in [0.717, 1.165) is 6.07 Å². The Bertz CT molecular complexity index is 622. The van der Waals surface area contributed by atoms with Crippen molar-refractivity contribution in [2.75, 3.05) is 6.61 Å². The second-order valence-corrected chi connectivity index (χ2v) is 8.11. The second-order valence-electron chi connectivity index (χ2n) is 7.20. The van der Waals surface area contributed by atoms with Gasteiger partial charge in [-0.05, 0) is 60.5 Å². The number of pyridine rings is 1. The third-order valence-corrected chi connectivity index (χ3v) is 3.97. The fourth-order valence-electron chi connectivity index (χ4n) is 2.83. The van der Waals surface area contributed by atoms with Crippen LogP contribution < -0.4 is 10.5 Å². The zero-order valence-electron chi connectivity index (χ0n) is 15.2. The number of carbonyl (C=O) groups is 1. The normalized spacial score (nSPS) is 13.6. The van der Waals surface area contributed by atoms with Crippen LogP contribution in [0.5, 0.6) is 5.88 Å². The Morgan fingerprint density at radius 2 is 1.96 bits per heavy atom. The standard InChI is InChI=1S/C17H24BrF3N2O3/c1-10(2)5-11(7-16(3,4)26-15(22)24)9-25-14-13(17(19,20)21)6-12(18)8-23-14/h6,8,10-11H,5,7,9H2,1-4H3,(H2,22,24)/t11-/m0/s1. The Morgan fingerprint density at radius 3 is 2.46 bits per heavy atom. The van der Waals surface area contributed by atoms with E-state index in [1.165, 1.54) is 6.20 Å². The number of ether oxygens (including phenoxy) is 2. The summed E-state index contributed by atoms with van der Waals surface area (Å²) in [5.74, 6) is -0.327. The fourth-order valence-corrected chi connectivity index (χ4v) is 3.16. The number of alkyl halides is 3. The molecule has 26 heavy (non-hydrogen) atoms. The number of hydrogen-bond acceptors (Lipinski definition) is 4. The quantitative estimate of drug-likeness (QED) is 0.604. The van der Waals surface area contributed by atoms with Crippen molar-refractivity contribution >= 4 is 22.0 Å². The monoisotopic (exact) mass is 440 g/mol. The smallest absolute Gasteiger partial charge is 0.421 e. The minimum Gasteiger partial charge on any atom is -0.477 e. The lowest BCUT2D eigenvalue weighted by Crippen LogP contribution is -2.35. The Hall–Kier alpha value is -1.51. The Morgan fingerprint density at radius 1 is 1.35 bits per heavy atom. The highest BCUT2D eigenvalue weighted by Gasteiger charge is 2.36. The first-order valence-corrected chi connectivity index (χ1v) is 8.93. The fraction of sp³-hybridized carbons (Fsp3) is 0.647. The Balaban J connectivity index is 2.92. The minimum atomic E-state index is -4.58. The van der Waals surface area contributed by atoms with Gasteiger partial charge in [0.1, 0.15) is 11.2 Å². The van der Waals surface area contributed by atoms with Crippen molar-refractivity contribution in [2.45, 2.75) is 52.3 Å². The van der Waals surface area contributed by atoms with E-state index in [-0.39, 0.29) is 22.9 Å². The molecule has 0 radical (unpaired) electrons. The third-order valence-electron chi connectivity index (χ3n) is 3.54. The van der Waals surface area contributed by atoms with Crippen molar-refractivity contribution in [3.05, 3.63) is 22.3 Å². The molecule has 5 nitrogen and oxygen atoms in total. The maximum Gasteiger partial charge on any atom is 0.421 e. The second kappa shape index (κ2) is 8.92. The number of carbonyl (C=O) groups excluding carboxylic acids is 1. The van der Waals surface area contributed by atoms with Crippen LogP contribution in [0.25, 0.3) is 0 Å². The molecular weight excluding hydrogens is 417 g/mol. The van der Waals surface area contributed by atoms with Crippen LogP contribution in [0.2, 0.25) is 0 Å². The molecule has 148 valence electrons. The summed E-state index contributed by atoms with van der Waals surface area (Å²) < 4.78 is 50.2. The van der Waals surface area contributed by atoms with Crippen molar-refractivity contribution in [2.24, 2.45) is 17.6 Å². The van der Waals surface area contributed by atoms with Crippen LogP contribution >= 0.6 is 15.9 Å².